The lowest BCUT2D eigenvalue weighted by Gasteiger charge is -2.31. The van der Waals surface area contributed by atoms with Crippen molar-refractivity contribution in [3.63, 3.8) is 0 Å². The van der Waals surface area contributed by atoms with Crippen molar-refractivity contribution in [3.8, 4) is 0 Å². The molecule has 1 saturated heterocycles. The first-order valence-electron chi connectivity index (χ1n) is 11.0. The standard InChI is InChI=1S/C23H36N6O/c1-6-24-22(28-16-21-26-15-19(30-21)23(3,4)5)27-14-18-7-8-20(25-13-18)29-11-9-17(2)10-12-29/h7-8,13,15,17H,6,9-12,14,16H2,1-5H3,(H2,24,27,28). The van der Waals surface area contributed by atoms with Gasteiger partial charge in [0.15, 0.2) is 5.96 Å². The highest BCUT2D eigenvalue weighted by molar-refractivity contribution is 5.79. The van der Waals surface area contributed by atoms with Crippen LogP contribution in [0.25, 0.3) is 0 Å². The van der Waals surface area contributed by atoms with Crippen LogP contribution in [0, 0.1) is 5.92 Å². The topological polar surface area (TPSA) is 78.6 Å². The number of anilines is 1. The normalized spacial score (nSPS) is 16.0. The van der Waals surface area contributed by atoms with E-state index >= 15 is 0 Å². The summed E-state index contributed by atoms with van der Waals surface area (Å²) in [7, 11) is 0. The molecule has 2 aromatic heterocycles. The van der Waals surface area contributed by atoms with Gasteiger partial charge in [0.25, 0.3) is 0 Å². The molecule has 0 bridgehead atoms. The van der Waals surface area contributed by atoms with Crippen molar-refractivity contribution in [3.05, 3.63) is 41.7 Å². The van der Waals surface area contributed by atoms with Crippen LogP contribution in [0.5, 0.6) is 0 Å². The van der Waals surface area contributed by atoms with E-state index in [-0.39, 0.29) is 5.41 Å². The summed E-state index contributed by atoms with van der Waals surface area (Å²) in [6.45, 7) is 14.8. The van der Waals surface area contributed by atoms with Gasteiger partial charge in [-0.3, -0.25) is 0 Å². The molecule has 1 aliphatic rings. The minimum Gasteiger partial charge on any atom is -0.443 e. The number of nitrogens with zero attached hydrogens (tertiary/aromatic N) is 4. The van der Waals surface area contributed by atoms with Gasteiger partial charge in [0.1, 0.15) is 11.6 Å². The number of rotatable bonds is 6. The summed E-state index contributed by atoms with van der Waals surface area (Å²) in [6, 6.07) is 4.24. The first-order chi connectivity index (χ1) is 14.3. The second-order valence-electron chi connectivity index (χ2n) is 9.11. The second-order valence-corrected chi connectivity index (χ2v) is 9.11. The fraction of sp³-hybridized carbons (Fsp3) is 0.609. The van der Waals surface area contributed by atoms with Gasteiger partial charge in [-0.05, 0) is 37.3 Å². The number of pyridine rings is 1. The fourth-order valence-electron chi connectivity index (χ4n) is 3.35. The average Bonchev–Trinajstić information content (AvgIpc) is 3.21. The molecule has 30 heavy (non-hydrogen) atoms. The Kier molecular flexibility index (Phi) is 7.34. The van der Waals surface area contributed by atoms with Gasteiger partial charge in [-0.2, -0.15) is 0 Å². The number of aromatic nitrogens is 2. The van der Waals surface area contributed by atoms with Gasteiger partial charge >= 0.3 is 0 Å². The van der Waals surface area contributed by atoms with Crippen molar-refractivity contribution in [2.24, 2.45) is 10.9 Å². The number of hydrogen-bond acceptors (Lipinski definition) is 5. The number of piperidine rings is 1. The van der Waals surface area contributed by atoms with E-state index in [0.29, 0.717) is 19.0 Å². The molecule has 0 unspecified atom stereocenters. The molecule has 2 aromatic rings. The zero-order valence-electron chi connectivity index (χ0n) is 19.0. The molecular weight excluding hydrogens is 376 g/mol. The quantitative estimate of drug-likeness (QED) is 0.554. The van der Waals surface area contributed by atoms with Gasteiger partial charge in [0, 0.05) is 31.2 Å². The van der Waals surface area contributed by atoms with Crippen molar-refractivity contribution in [2.45, 2.75) is 66.0 Å². The molecular formula is C23H36N6O. The molecule has 0 atom stereocenters. The van der Waals surface area contributed by atoms with Crippen molar-refractivity contribution < 1.29 is 4.42 Å². The Bertz CT molecular complexity index is 813. The van der Waals surface area contributed by atoms with E-state index < -0.39 is 0 Å². The maximum absolute atomic E-state index is 5.85. The zero-order chi connectivity index (χ0) is 21.6. The molecule has 0 aromatic carbocycles. The lowest BCUT2D eigenvalue weighted by Crippen LogP contribution is -2.36. The summed E-state index contributed by atoms with van der Waals surface area (Å²) in [5.41, 5.74) is 1.04. The minimum absolute atomic E-state index is 0.0462. The maximum atomic E-state index is 5.85. The van der Waals surface area contributed by atoms with Crippen LogP contribution < -0.4 is 15.5 Å². The Morgan fingerprint density at radius 1 is 1.17 bits per heavy atom. The van der Waals surface area contributed by atoms with Crippen LogP contribution in [0.3, 0.4) is 0 Å². The van der Waals surface area contributed by atoms with E-state index in [2.05, 4.69) is 77.2 Å². The molecule has 3 heterocycles. The van der Waals surface area contributed by atoms with Crippen molar-refractivity contribution >= 4 is 11.8 Å². The third kappa shape index (κ3) is 6.21. The van der Waals surface area contributed by atoms with Gasteiger partial charge in [0.2, 0.25) is 5.89 Å². The van der Waals surface area contributed by atoms with Gasteiger partial charge < -0.3 is 20.0 Å². The molecule has 164 valence electrons. The van der Waals surface area contributed by atoms with Crippen LogP contribution in [0.15, 0.2) is 33.9 Å². The van der Waals surface area contributed by atoms with E-state index in [1.807, 2.05) is 6.20 Å². The Morgan fingerprint density at radius 3 is 2.53 bits per heavy atom. The SMILES string of the molecule is CCNC(=NCc1ccc(N2CCC(C)CC2)nc1)NCc1ncc(C(C)(C)C)o1. The highest BCUT2D eigenvalue weighted by Crippen LogP contribution is 2.23. The van der Waals surface area contributed by atoms with Crippen molar-refractivity contribution in [1.82, 2.24) is 20.6 Å². The van der Waals surface area contributed by atoms with E-state index in [4.69, 9.17) is 4.42 Å². The Hall–Kier alpha value is -2.57. The van der Waals surface area contributed by atoms with Gasteiger partial charge in [0.05, 0.1) is 19.3 Å². The molecule has 0 spiro atoms. The summed E-state index contributed by atoms with van der Waals surface area (Å²) in [6.07, 6.45) is 6.22. The molecule has 0 radical (unpaired) electrons. The molecule has 3 rings (SSSR count). The lowest BCUT2D eigenvalue weighted by atomic mass is 9.94. The van der Waals surface area contributed by atoms with Crippen LogP contribution in [-0.4, -0.2) is 35.6 Å². The maximum Gasteiger partial charge on any atom is 0.213 e. The highest BCUT2D eigenvalue weighted by atomic mass is 16.4. The third-order valence-electron chi connectivity index (χ3n) is 5.38. The highest BCUT2D eigenvalue weighted by Gasteiger charge is 2.19. The largest absolute Gasteiger partial charge is 0.443 e. The smallest absolute Gasteiger partial charge is 0.213 e. The molecule has 7 nitrogen and oxygen atoms in total. The van der Waals surface area contributed by atoms with Gasteiger partial charge in [-0.1, -0.05) is 33.8 Å². The van der Waals surface area contributed by atoms with E-state index in [0.717, 1.165) is 48.7 Å². The second kappa shape index (κ2) is 9.96. The first-order valence-corrected chi connectivity index (χ1v) is 11.0. The summed E-state index contributed by atoms with van der Waals surface area (Å²) in [4.78, 5) is 16.1. The summed E-state index contributed by atoms with van der Waals surface area (Å²) < 4.78 is 5.85. The van der Waals surface area contributed by atoms with Crippen LogP contribution in [0.4, 0.5) is 5.82 Å². The van der Waals surface area contributed by atoms with Crippen molar-refractivity contribution in [1.29, 1.82) is 0 Å². The van der Waals surface area contributed by atoms with E-state index in [1.165, 1.54) is 12.8 Å². The minimum atomic E-state index is -0.0462. The number of aliphatic imine (C=N–C) groups is 1. The molecule has 0 saturated carbocycles. The monoisotopic (exact) mass is 412 g/mol. The number of hydrogen-bond donors (Lipinski definition) is 2. The van der Waals surface area contributed by atoms with E-state index in [1.54, 1.807) is 6.20 Å². The zero-order valence-corrected chi connectivity index (χ0v) is 19.0. The van der Waals surface area contributed by atoms with Crippen LogP contribution in [0.1, 0.15) is 64.7 Å². The lowest BCUT2D eigenvalue weighted by molar-refractivity contribution is 0.379. The molecule has 7 heteroatoms. The summed E-state index contributed by atoms with van der Waals surface area (Å²) >= 11 is 0. The van der Waals surface area contributed by atoms with Crippen LogP contribution in [-0.2, 0) is 18.5 Å². The Morgan fingerprint density at radius 2 is 1.93 bits per heavy atom. The number of oxazole rings is 1. The fourth-order valence-corrected chi connectivity index (χ4v) is 3.35. The predicted octanol–water partition coefficient (Wildman–Crippen LogP) is 3.86. The molecule has 0 aliphatic carbocycles. The number of nitrogens with one attached hydrogen (secondary N) is 2. The van der Waals surface area contributed by atoms with E-state index in [9.17, 15) is 0 Å². The van der Waals surface area contributed by atoms with Gasteiger partial charge in [-0.25, -0.2) is 15.0 Å². The molecule has 1 fully saturated rings. The Labute approximate surface area is 180 Å². The summed E-state index contributed by atoms with van der Waals surface area (Å²) in [5, 5.41) is 6.56. The van der Waals surface area contributed by atoms with Gasteiger partial charge in [-0.15, -0.1) is 0 Å². The van der Waals surface area contributed by atoms with Crippen molar-refractivity contribution in [2.75, 3.05) is 24.5 Å². The summed E-state index contributed by atoms with van der Waals surface area (Å²) in [5.74, 6) is 4.17. The van der Waals surface area contributed by atoms with Crippen LogP contribution >= 0.6 is 0 Å². The van der Waals surface area contributed by atoms with Crippen LogP contribution in [0.2, 0.25) is 0 Å². The molecule has 1 aliphatic heterocycles. The molecule has 2 N–H and O–H groups in total. The predicted molar refractivity (Wildman–Crippen MR) is 122 cm³/mol. The number of guanidine groups is 1. The Balaban J connectivity index is 1.55. The molecule has 0 amide bonds. The third-order valence-corrected chi connectivity index (χ3v) is 5.38. The average molecular weight is 413 g/mol. The first kappa shape index (κ1) is 22.1.